The average Bonchev–Trinajstić information content (AvgIpc) is 2.21. The maximum absolute atomic E-state index is 11.5. The van der Waals surface area contributed by atoms with Crippen LogP contribution in [-0.4, -0.2) is 30.5 Å². The Bertz CT molecular complexity index is 191. The molecule has 0 saturated heterocycles. The molecule has 0 spiro atoms. The Morgan fingerprint density at radius 2 is 1.94 bits per heavy atom. The molecule has 1 amide bonds. The number of hydrogen-bond donors (Lipinski definition) is 2. The van der Waals surface area contributed by atoms with Crippen LogP contribution in [0.15, 0.2) is 0 Å². The Kier molecular flexibility index (Phi) is 11.8. The SMILES string of the molecule is CSCC[C@H](N)C(=O)NCC(C)C(C)C.Cl. The third-order valence-corrected chi connectivity index (χ3v) is 3.35. The van der Waals surface area contributed by atoms with E-state index in [4.69, 9.17) is 5.73 Å². The third kappa shape index (κ3) is 8.25. The lowest BCUT2D eigenvalue weighted by atomic mass is 9.98. The summed E-state index contributed by atoms with van der Waals surface area (Å²) in [5.41, 5.74) is 5.74. The van der Waals surface area contributed by atoms with Crippen molar-refractivity contribution in [2.45, 2.75) is 33.2 Å². The largest absolute Gasteiger partial charge is 0.354 e. The van der Waals surface area contributed by atoms with E-state index in [2.05, 4.69) is 26.1 Å². The van der Waals surface area contributed by atoms with Gasteiger partial charge in [-0.05, 0) is 30.3 Å². The van der Waals surface area contributed by atoms with E-state index in [1.165, 1.54) is 0 Å². The van der Waals surface area contributed by atoms with Crippen LogP contribution in [0.1, 0.15) is 27.2 Å². The minimum atomic E-state index is -0.350. The highest BCUT2D eigenvalue weighted by Gasteiger charge is 2.14. The van der Waals surface area contributed by atoms with Crippen LogP contribution in [0.25, 0.3) is 0 Å². The van der Waals surface area contributed by atoms with Crippen molar-refractivity contribution >= 4 is 30.1 Å². The smallest absolute Gasteiger partial charge is 0.236 e. The van der Waals surface area contributed by atoms with Crippen LogP contribution in [0.2, 0.25) is 0 Å². The minimum absolute atomic E-state index is 0. The highest BCUT2D eigenvalue weighted by atomic mass is 35.5. The molecule has 0 aliphatic heterocycles. The van der Waals surface area contributed by atoms with Crippen LogP contribution in [0, 0.1) is 11.8 Å². The van der Waals surface area contributed by atoms with Gasteiger partial charge in [-0.1, -0.05) is 20.8 Å². The summed E-state index contributed by atoms with van der Waals surface area (Å²) in [7, 11) is 0. The molecule has 16 heavy (non-hydrogen) atoms. The topological polar surface area (TPSA) is 55.1 Å². The molecule has 0 aliphatic rings. The van der Waals surface area contributed by atoms with Gasteiger partial charge in [0, 0.05) is 6.54 Å². The zero-order chi connectivity index (χ0) is 11.8. The van der Waals surface area contributed by atoms with Crippen molar-refractivity contribution < 1.29 is 4.79 Å². The molecule has 1 unspecified atom stereocenters. The second kappa shape index (κ2) is 10.2. The quantitative estimate of drug-likeness (QED) is 0.742. The Morgan fingerprint density at radius 3 is 2.38 bits per heavy atom. The Labute approximate surface area is 110 Å². The number of hydrogen-bond acceptors (Lipinski definition) is 3. The number of amides is 1. The molecule has 0 rings (SSSR count). The molecule has 0 saturated carbocycles. The minimum Gasteiger partial charge on any atom is -0.354 e. The van der Waals surface area contributed by atoms with Crippen LogP contribution < -0.4 is 11.1 Å². The molecule has 0 aromatic carbocycles. The number of carbonyl (C=O) groups is 1. The highest BCUT2D eigenvalue weighted by Crippen LogP contribution is 2.07. The predicted octanol–water partition coefficient (Wildman–Crippen LogP) is 1.90. The third-order valence-electron chi connectivity index (χ3n) is 2.71. The van der Waals surface area contributed by atoms with E-state index in [1.54, 1.807) is 11.8 Å². The lowest BCUT2D eigenvalue weighted by molar-refractivity contribution is -0.122. The molecular formula is C11H25ClN2OS. The summed E-state index contributed by atoms with van der Waals surface area (Å²) < 4.78 is 0. The summed E-state index contributed by atoms with van der Waals surface area (Å²) >= 11 is 1.72. The van der Waals surface area contributed by atoms with Crippen LogP contribution in [0.5, 0.6) is 0 Å². The molecule has 0 fully saturated rings. The van der Waals surface area contributed by atoms with Gasteiger partial charge in [-0.3, -0.25) is 4.79 Å². The molecule has 0 aliphatic carbocycles. The van der Waals surface area contributed by atoms with Gasteiger partial charge in [0.15, 0.2) is 0 Å². The van der Waals surface area contributed by atoms with E-state index in [0.717, 1.165) is 18.7 Å². The van der Waals surface area contributed by atoms with Gasteiger partial charge in [0.05, 0.1) is 6.04 Å². The lowest BCUT2D eigenvalue weighted by Crippen LogP contribution is -2.42. The van der Waals surface area contributed by atoms with Crippen molar-refractivity contribution in [1.82, 2.24) is 5.32 Å². The van der Waals surface area contributed by atoms with Crippen molar-refractivity contribution in [3.8, 4) is 0 Å². The number of carbonyl (C=O) groups excluding carboxylic acids is 1. The van der Waals surface area contributed by atoms with Crippen molar-refractivity contribution in [1.29, 1.82) is 0 Å². The van der Waals surface area contributed by atoms with Gasteiger partial charge in [0.25, 0.3) is 0 Å². The zero-order valence-corrected chi connectivity index (χ0v) is 12.3. The molecule has 0 radical (unpaired) electrons. The molecule has 98 valence electrons. The van der Waals surface area contributed by atoms with Crippen molar-refractivity contribution in [3.05, 3.63) is 0 Å². The van der Waals surface area contributed by atoms with E-state index in [-0.39, 0.29) is 24.4 Å². The average molecular weight is 269 g/mol. The number of thioether (sulfide) groups is 1. The number of halogens is 1. The lowest BCUT2D eigenvalue weighted by Gasteiger charge is -2.18. The second-order valence-corrected chi connectivity index (χ2v) is 5.34. The first kappa shape index (κ1) is 18.4. The number of rotatable bonds is 7. The summed E-state index contributed by atoms with van der Waals surface area (Å²) in [6, 6.07) is -0.350. The molecule has 0 heterocycles. The van der Waals surface area contributed by atoms with Gasteiger partial charge in [-0.15, -0.1) is 12.4 Å². The number of nitrogens with one attached hydrogen (secondary N) is 1. The maximum Gasteiger partial charge on any atom is 0.236 e. The van der Waals surface area contributed by atoms with E-state index < -0.39 is 0 Å². The standard InChI is InChI=1S/C11H24N2OS.ClH/c1-8(2)9(3)7-13-11(14)10(12)5-6-15-4;/h8-10H,5-7,12H2,1-4H3,(H,13,14);1H/t9?,10-;/m0./s1. The molecule has 0 bridgehead atoms. The van der Waals surface area contributed by atoms with Crippen molar-refractivity contribution in [2.75, 3.05) is 18.6 Å². The molecular weight excluding hydrogens is 244 g/mol. The van der Waals surface area contributed by atoms with E-state index in [1.807, 2.05) is 6.26 Å². The van der Waals surface area contributed by atoms with Crippen molar-refractivity contribution in [3.63, 3.8) is 0 Å². The van der Waals surface area contributed by atoms with Crippen LogP contribution >= 0.6 is 24.2 Å². The molecule has 3 nitrogen and oxygen atoms in total. The molecule has 2 atom stereocenters. The second-order valence-electron chi connectivity index (χ2n) is 4.35. The first-order valence-corrected chi connectivity index (χ1v) is 6.90. The Morgan fingerprint density at radius 1 is 1.38 bits per heavy atom. The fourth-order valence-corrected chi connectivity index (χ4v) is 1.49. The fourth-order valence-electron chi connectivity index (χ4n) is 1.00. The van der Waals surface area contributed by atoms with Gasteiger partial charge >= 0.3 is 0 Å². The summed E-state index contributed by atoms with van der Waals surface area (Å²) in [4.78, 5) is 11.5. The maximum atomic E-state index is 11.5. The van der Waals surface area contributed by atoms with Gasteiger partial charge in [-0.25, -0.2) is 0 Å². The summed E-state index contributed by atoms with van der Waals surface area (Å²) in [6.45, 7) is 7.18. The Hall–Kier alpha value is 0.0700. The molecule has 3 N–H and O–H groups in total. The van der Waals surface area contributed by atoms with Crippen LogP contribution in [-0.2, 0) is 4.79 Å². The van der Waals surface area contributed by atoms with E-state index >= 15 is 0 Å². The zero-order valence-electron chi connectivity index (χ0n) is 10.7. The van der Waals surface area contributed by atoms with Crippen LogP contribution in [0.3, 0.4) is 0 Å². The first-order valence-electron chi connectivity index (χ1n) is 5.51. The fraction of sp³-hybridized carbons (Fsp3) is 0.909. The Balaban J connectivity index is 0. The molecule has 5 heteroatoms. The highest BCUT2D eigenvalue weighted by molar-refractivity contribution is 7.98. The molecule has 0 aromatic heterocycles. The van der Waals surface area contributed by atoms with Crippen LogP contribution in [0.4, 0.5) is 0 Å². The monoisotopic (exact) mass is 268 g/mol. The van der Waals surface area contributed by atoms with Crippen molar-refractivity contribution in [2.24, 2.45) is 17.6 Å². The first-order chi connectivity index (χ1) is 6.99. The van der Waals surface area contributed by atoms with Gasteiger partial charge in [0.1, 0.15) is 0 Å². The summed E-state index contributed by atoms with van der Waals surface area (Å²) in [5, 5.41) is 2.90. The number of nitrogens with two attached hydrogens (primary N) is 1. The van der Waals surface area contributed by atoms with E-state index in [0.29, 0.717) is 11.8 Å². The predicted molar refractivity (Wildman–Crippen MR) is 75.2 cm³/mol. The van der Waals surface area contributed by atoms with Gasteiger partial charge < -0.3 is 11.1 Å². The van der Waals surface area contributed by atoms with Gasteiger partial charge in [0.2, 0.25) is 5.91 Å². The summed E-state index contributed by atoms with van der Waals surface area (Å²) in [6.07, 6.45) is 2.77. The summed E-state index contributed by atoms with van der Waals surface area (Å²) in [5.74, 6) is 2.01. The van der Waals surface area contributed by atoms with E-state index in [9.17, 15) is 4.79 Å². The normalized spacial score (nSPS) is 14.1. The van der Waals surface area contributed by atoms with Gasteiger partial charge in [-0.2, -0.15) is 11.8 Å². The molecule has 0 aromatic rings.